The minimum Gasteiger partial charge on any atom is -0.437 e. The van der Waals surface area contributed by atoms with E-state index >= 15 is 0 Å². The lowest BCUT2D eigenvalue weighted by atomic mass is 10.1. The van der Waals surface area contributed by atoms with Gasteiger partial charge in [0.05, 0.1) is 19.4 Å². The number of benzene rings is 1. The molecule has 0 aromatic heterocycles. The quantitative estimate of drug-likeness (QED) is 0.433. The van der Waals surface area contributed by atoms with Gasteiger partial charge >= 0.3 is 6.09 Å². The number of amides is 1. The minimum atomic E-state index is -2.10. The fourth-order valence-electron chi connectivity index (χ4n) is 3.79. The SMILES string of the molecule is O=C(OC(C(Cl)(Cl)Cl)C(Cl)(Cl)Cl)N1CCN(C(c2cccc(Cl)c2)N2CCOCC2)CC1. The summed E-state index contributed by atoms with van der Waals surface area (Å²) in [6.07, 6.45) is -2.27. The number of nitrogens with zero attached hydrogens (tertiary/aromatic N) is 3. The Balaban J connectivity index is 1.68. The molecule has 2 saturated heterocycles. The monoisotopic (exact) mass is 585 g/mol. The van der Waals surface area contributed by atoms with Crippen LogP contribution in [0, 0.1) is 0 Å². The van der Waals surface area contributed by atoms with Gasteiger partial charge in [-0.05, 0) is 17.7 Å². The summed E-state index contributed by atoms with van der Waals surface area (Å²) in [5.41, 5.74) is 1.09. The molecule has 0 saturated carbocycles. The molecule has 1 atom stereocenters. The van der Waals surface area contributed by atoms with Gasteiger partial charge < -0.3 is 14.4 Å². The molecule has 0 spiro atoms. The van der Waals surface area contributed by atoms with Gasteiger partial charge in [0.2, 0.25) is 7.59 Å². The normalized spacial score (nSPS) is 20.4. The summed E-state index contributed by atoms with van der Waals surface area (Å²) in [6.45, 7) is 4.91. The second kappa shape index (κ2) is 11.4. The van der Waals surface area contributed by atoms with E-state index in [-0.39, 0.29) is 6.17 Å². The zero-order valence-corrected chi connectivity index (χ0v) is 22.1. The molecule has 2 heterocycles. The van der Waals surface area contributed by atoms with Crippen LogP contribution in [0.2, 0.25) is 5.02 Å². The highest BCUT2D eigenvalue weighted by atomic mass is 35.6. The van der Waals surface area contributed by atoms with Crippen molar-refractivity contribution in [1.82, 2.24) is 14.7 Å². The molecule has 1 aromatic rings. The van der Waals surface area contributed by atoms with Crippen molar-refractivity contribution in [2.24, 2.45) is 0 Å². The van der Waals surface area contributed by atoms with E-state index in [2.05, 4.69) is 15.9 Å². The van der Waals surface area contributed by atoms with Crippen molar-refractivity contribution >= 4 is 87.3 Å². The molecule has 6 nitrogen and oxygen atoms in total. The highest BCUT2D eigenvalue weighted by molar-refractivity contribution is 6.73. The molecule has 180 valence electrons. The summed E-state index contributed by atoms with van der Waals surface area (Å²) in [4.78, 5) is 18.8. The van der Waals surface area contributed by atoms with E-state index in [1.807, 2.05) is 18.2 Å². The van der Waals surface area contributed by atoms with Gasteiger partial charge in [-0.1, -0.05) is 93.3 Å². The molecule has 2 aliphatic heterocycles. The molecule has 0 N–H and O–H groups in total. The Bertz CT molecular complexity index is 762. The van der Waals surface area contributed by atoms with Crippen molar-refractivity contribution in [2.75, 3.05) is 52.5 Å². The summed E-state index contributed by atoms with van der Waals surface area (Å²) < 4.78 is 6.58. The van der Waals surface area contributed by atoms with Gasteiger partial charge in [0, 0.05) is 44.3 Å². The van der Waals surface area contributed by atoms with Gasteiger partial charge in [-0.2, -0.15) is 0 Å². The standard InChI is InChI=1S/C19H22Cl7N3O3/c20-14-3-1-2-13(12-14)15(28-8-10-31-11-9-28)27-4-6-29(7-5-27)17(30)32-16(18(21,22)23)19(24,25)26/h1-3,12,15-16H,4-11H2. The third-order valence-electron chi connectivity index (χ3n) is 5.27. The summed E-state index contributed by atoms with van der Waals surface area (Å²) in [7, 11) is 0. The van der Waals surface area contributed by atoms with Crippen LogP contribution in [0.5, 0.6) is 0 Å². The van der Waals surface area contributed by atoms with Gasteiger partial charge in [-0.15, -0.1) is 0 Å². The third kappa shape index (κ3) is 7.20. The number of rotatable bonds is 4. The topological polar surface area (TPSA) is 45.2 Å². The lowest BCUT2D eigenvalue weighted by Gasteiger charge is -2.45. The molecule has 2 fully saturated rings. The predicted octanol–water partition coefficient (Wildman–Crippen LogP) is 5.53. The molecule has 32 heavy (non-hydrogen) atoms. The molecule has 1 unspecified atom stereocenters. The molecular formula is C19H22Cl7N3O3. The summed E-state index contributed by atoms with van der Waals surface area (Å²) in [6, 6.07) is 7.81. The first kappa shape index (κ1) is 27.0. The Hall–Kier alpha value is 0.400. The molecule has 0 aliphatic carbocycles. The zero-order chi connectivity index (χ0) is 23.5. The highest BCUT2D eigenvalue weighted by Gasteiger charge is 2.50. The van der Waals surface area contributed by atoms with E-state index in [1.165, 1.54) is 4.90 Å². The number of halogens is 7. The number of piperazine rings is 1. The van der Waals surface area contributed by atoms with Crippen LogP contribution in [0.25, 0.3) is 0 Å². The predicted molar refractivity (Wildman–Crippen MR) is 131 cm³/mol. The Morgan fingerprint density at radius 1 is 0.906 bits per heavy atom. The average molecular weight is 589 g/mol. The molecule has 0 radical (unpaired) electrons. The Morgan fingerprint density at radius 3 is 2.00 bits per heavy atom. The highest BCUT2D eigenvalue weighted by Crippen LogP contribution is 2.45. The van der Waals surface area contributed by atoms with Gasteiger partial charge in [0.25, 0.3) is 0 Å². The van der Waals surface area contributed by atoms with E-state index in [4.69, 9.17) is 90.7 Å². The first-order valence-electron chi connectivity index (χ1n) is 9.87. The molecule has 3 rings (SSSR count). The Kier molecular flexibility index (Phi) is 9.64. The van der Waals surface area contributed by atoms with Crippen molar-refractivity contribution in [3.63, 3.8) is 0 Å². The third-order valence-corrected chi connectivity index (χ3v) is 6.69. The van der Waals surface area contributed by atoms with Gasteiger partial charge in [-0.25, -0.2) is 4.79 Å². The van der Waals surface area contributed by atoms with Crippen molar-refractivity contribution < 1.29 is 14.3 Å². The van der Waals surface area contributed by atoms with E-state index in [0.29, 0.717) is 44.4 Å². The number of alkyl halides is 6. The van der Waals surface area contributed by atoms with Gasteiger partial charge in [0.1, 0.15) is 0 Å². The maximum atomic E-state index is 12.7. The van der Waals surface area contributed by atoms with Gasteiger partial charge in [0.15, 0.2) is 6.10 Å². The van der Waals surface area contributed by atoms with Crippen LogP contribution in [0.1, 0.15) is 11.7 Å². The second-order valence-electron chi connectivity index (χ2n) is 7.45. The van der Waals surface area contributed by atoms with Crippen molar-refractivity contribution in [3.05, 3.63) is 34.9 Å². The molecule has 13 heteroatoms. The molecule has 1 aromatic carbocycles. The maximum Gasteiger partial charge on any atom is 0.410 e. The van der Waals surface area contributed by atoms with Crippen molar-refractivity contribution in [2.45, 2.75) is 19.9 Å². The number of carbonyl (C=O) groups is 1. The first-order chi connectivity index (χ1) is 15.0. The Morgan fingerprint density at radius 2 is 1.47 bits per heavy atom. The summed E-state index contributed by atoms with van der Waals surface area (Å²) in [5, 5.41) is 0.674. The molecule has 1 amide bonds. The number of hydrogen-bond acceptors (Lipinski definition) is 5. The molecule has 2 aliphatic rings. The van der Waals surface area contributed by atoms with E-state index < -0.39 is 19.8 Å². The van der Waals surface area contributed by atoms with E-state index in [0.717, 1.165) is 18.7 Å². The number of ether oxygens (including phenoxy) is 2. The van der Waals surface area contributed by atoms with E-state index in [1.54, 1.807) is 0 Å². The smallest absolute Gasteiger partial charge is 0.410 e. The van der Waals surface area contributed by atoms with Crippen LogP contribution in [0.3, 0.4) is 0 Å². The molecule has 0 bridgehead atoms. The molecular weight excluding hydrogens is 566 g/mol. The van der Waals surface area contributed by atoms with Crippen LogP contribution >= 0.6 is 81.2 Å². The van der Waals surface area contributed by atoms with Crippen LogP contribution in [0.4, 0.5) is 4.79 Å². The minimum absolute atomic E-state index is 0.00543. The van der Waals surface area contributed by atoms with E-state index in [9.17, 15) is 4.79 Å². The first-order valence-corrected chi connectivity index (χ1v) is 12.5. The lowest BCUT2D eigenvalue weighted by molar-refractivity contribution is -0.0486. The van der Waals surface area contributed by atoms with Crippen molar-refractivity contribution in [1.29, 1.82) is 0 Å². The van der Waals surface area contributed by atoms with Gasteiger partial charge in [-0.3, -0.25) is 9.80 Å². The fraction of sp³-hybridized carbons (Fsp3) is 0.632. The second-order valence-corrected chi connectivity index (χ2v) is 12.6. The average Bonchev–Trinajstić information content (AvgIpc) is 2.72. The van der Waals surface area contributed by atoms with Crippen LogP contribution in [-0.4, -0.2) is 87.0 Å². The maximum absolute atomic E-state index is 12.7. The largest absolute Gasteiger partial charge is 0.437 e. The summed E-state index contributed by atoms with van der Waals surface area (Å²) >= 11 is 41.3. The Labute approximate surface area is 222 Å². The lowest BCUT2D eigenvalue weighted by Crippen LogP contribution is -2.55. The van der Waals surface area contributed by atoms with Crippen LogP contribution in [0.15, 0.2) is 24.3 Å². The zero-order valence-electron chi connectivity index (χ0n) is 16.8. The van der Waals surface area contributed by atoms with Crippen LogP contribution < -0.4 is 0 Å². The van der Waals surface area contributed by atoms with Crippen LogP contribution in [-0.2, 0) is 9.47 Å². The number of hydrogen-bond donors (Lipinski definition) is 0. The summed E-state index contributed by atoms with van der Waals surface area (Å²) in [5.74, 6) is 0. The number of carbonyl (C=O) groups excluding carboxylic acids is 1. The fourth-order valence-corrected chi connectivity index (χ4v) is 5.74. The van der Waals surface area contributed by atoms with Crippen molar-refractivity contribution in [3.8, 4) is 0 Å². The number of morpholine rings is 1.